The summed E-state index contributed by atoms with van der Waals surface area (Å²) in [5.74, 6) is -0.837. The van der Waals surface area contributed by atoms with Crippen LogP contribution in [0.1, 0.15) is 19.0 Å². The minimum absolute atomic E-state index is 0.475. The van der Waals surface area contributed by atoms with Crippen LogP contribution < -0.4 is 5.32 Å². The fourth-order valence-corrected chi connectivity index (χ4v) is 1.88. The minimum atomic E-state index is -0.837. The van der Waals surface area contributed by atoms with Gasteiger partial charge in [0, 0.05) is 24.5 Å². The van der Waals surface area contributed by atoms with E-state index in [0.717, 1.165) is 24.7 Å². The lowest BCUT2D eigenvalue weighted by atomic mass is 10.2. The normalized spacial score (nSPS) is 10.5. The summed E-state index contributed by atoms with van der Waals surface area (Å²) < 4.78 is 15.1. The maximum absolute atomic E-state index is 13.2. The Morgan fingerprint density at radius 2 is 2.25 bits per heavy atom. The van der Waals surface area contributed by atoms with Gasteiger partial charge in [0.1, 0.15) is 0 Å². The van der Waals surface area contributed by atoms with Crippen LogP contribution in [-0.4, -0.2) is 14.7 Å². The Kier molecular flexibility index (Phi) is 4.29. The molecule has 0 aliphatic carbocycles. The van der Waals surface area contributed by atoms with Crippen molar-refractivity contribution in [2.45, 2.75) is 26.4 Å². The van der Waals surface area contributed by atoms with E-state index >= 15 is 0 Å². The third-order valence-corrected chi connectivity index (χ3v) is 2.86. The molecule has 1 N–H and O–H groups in total. The van der Waals surface area contributed by atoms with Gasteiger partial charge >= 0.3 is 5.69 Å². The van der Waals surface area contributed by atoms with E-state index in [1.807, 2.05) is 10.7 Å². The first-order valence-electron chi connectivity index (χ1n) is 6.30. The van der Waals surface area contributed by atoms with Gasteiger partial charge in [-0.25, -0.2) is 0 Å². The maximum atomic E-state index is 13.2. The second kappa shape index (κ2) is 6.14. The number of rotatable bonds is 6. The second-order valence-electron chi connectivity index (χ2n) is 4.32. The number of benzene rings is 1. The van der Waals surface area contributed by atoms with Gasteiger partial charge in [0.15, 0.2) is 0 Å². The van der Waals surface area contributed by atoms with Crippen LogP contribution in [0.4, 0.5) is 15.8 Å². The Hall–Kier alpha value is -2.44. The highest BCUT2D eigenvalue weighted by Crippen LogP contribution is 2.22. The van der Waals surface area contributed by atoms with Gasteiger partial charge in [-0.05, 0) is 24.6 Å². The van der Waals surface area contributed by atoms with Crippen LogP contribution in [0.15, 0.2) is 30.5 Å². The molecule has 0 bridgehead atoms. The molecule has 0 saturated carbocycles. The summed E-state index contributed by atoms with van der Waals surface area (Å²) in [4.78, 5) is 9.94. The largest absolute Gasteiger partial charge is 0.379 e. The van der Waals surface area contributed by atoms with Crippen LogP contribution in [0.2, 0.25) is 0 Å². The maximum Gasteiger partial charge on any atom is 0.306 e. The van der Waals surface area contributed by atoms with Crippen LogP contribution in [0.3, 0.4) is 0 Å². The van der Waals surface area contributed by atoms with Crippen LogP contribution in [0.5, 0.6) is 0 Å². The molecule has 106 valence electrons. The molecule has 0 saturated heterocycles. The van der Waals surface area contributed by atoms with Gasteiger partial charge < -0.3 is 5.32 Å². The SMILES string of the molecule is CCCn1nccc1CNc1ccc(F)c([N+](=O)[O-])c1. The summed E-state index contributed by atoms with van der Waals surface area (Å²) in [6.45, 7) is 3.35. The van der Waals surface area contributed by atoms with Gasteiger partial charge in [-0.2, -0.15) is 9.49 Å². The van der Waals surface area contributed by atoms with Gasteiger partial charge in [-0.15, -0.1) is 0 Å². The first kappa shape index (κ1) is 14.0. The zero-order valence-corrected chi connectivity index (χ0v) is 11.0. The van der Waals surface area contributed by atoms with E-state index in [1.165, 1.54) is 12.1 Å². The zero-order valence-electron chi connectivity index (χ0n) is 11.0. The van der Waals surface area contributed by atoms with Crippen LogP contribution in [-0.2, 0) is 13.1 Å². The van der Waals surface area contributed by atoms with E-state index in [0.29, 0.717) is 12.2 Å². The van der Waals surface area contributed by atoms with E-state index in [9.17, 15) is 14.5 Å². The lowest BCUT2D eigenvalue weighted by Gasteiger charge is -2.09. The molecule has 0 spiro atoms. The number of hydrogen-bond acceptors (Lipinski definition) is 4. The third-order valence-electron chi connectivity index (χ3n) is 2.86. The summed E-state index contributed by atoms with van der Waals surface area (Å²) in [5.41, 5.74) is 0.943. The Bertz CT molecular complexity index is 612. The topological polar surface area (TPSA) is 73.0 Å². The number of anilines is 1. The predicted octanol–water partition coefficient (Wildman–Crippen LogP) is 2.95. The summed E-state index contributed by atoms with van der Waals surface area (Å²) in [7, 11) is 0. The van der Waals surface area contributed by atoms with E-state index < -0.39 is 16.4 Å². The number of nitro groups is 1. The van der Waals surface area contributed by atoms with Crippen molar-refractivity contribution in [1.82, 2.24) is 9.78 Å². The standard InChI is InChI=1S/C13H15FN4O2/c1-2-7-17-11(5-6-16-17)9-15-10-3-4-12(14)13(8-10)18(19)20/h3-6,8,15H,2,7,9H2,1H3. The molecular weight excluding hydrogens is 263 g/mol. The van der Waals surface area contributed by atoms with Gasteiger partial charge in [-0.1, -0.05) is 6.92 Å². The molecule has 0 amide bonds. The number of aryl methyl sites for hydroxylation is 1. The fraction of sp³-hybridized carbons (Fsp3) is 0.308. The number of aromatic nitrogens is 2. The molecule has 1 heterocycles. The Labute approximate surface area is 115 Å². The monoisotopic (exact) mass is 278 g/mol. The first-order chi connectivity index (χ1) is 9.61. The van der Waals surface area contributed by atoms with Crippen LogP contribution in [0, 0.1) is 15.9 Å². The number of nitrogens with one attached hydrogen (secondary N) is 1. The lowest BCUT2D eigenvalue weighted by molar-refractivity contribution is -0.387. The molecule has 2 rings (SSSR count). The van der Waals surface area contributed by atoms with E-state index in [1.54, 1.807) is 6.20 Å². The molecule has 0 atom stereocenters. The lowest BCUT2D eigenvalue weighted by Crippen LogP contribution is -2.09. The number of nitrogens with zero attached hydrogens (tertiary/aromatic N) is 3. The average molecular weight is 278 g/mol. The van der Waals surface area contributed by atoms with Crippen molar-refractivity contribution in [2.75, 3.05) is 5.32 Å². The van der Waals surface area contributed by atoms with Crippen molar-refractivity contribution >= 4 is 11.4 Å². The molecule has 1 aromatic carbocycles. The second-order valence-corrected chi connectivity index (χ2v) is 4.32. The van der Waals surface area contributed by atoms with Crippen molar-refractivity contribution in [3.63, 3.8) is 0 Å². The van der Waals surface area contributed by atoms with Crippen molar-refractivity contribution in [3.05, 3.63) is 52.1 Å². The summed E-state index contributed by atoms with van der Waals surface area (Å²) in [6, 6.07) is 5.63. The molecule has 1 aromatic heterocycles. The quantitative estimate of drug-likeness (QED) is 0.651. The van der Waals surface area contributed by atoms with Crippen molar-refractivity contribution < 1.29 is 9.31 Å². The van der Waals surface area contributed by atoms with E-state index in [2.05, 4.69) is 17.3 Å². The predicted molar refractivity (Wildman–Crippen MR) is 72.9 cm³/mol. The Balaban J connectivity index is 2.09. The van der Waals surface area contributed by atoms with Crippen molar-refractivity contribution in [2.24, 2.45) is 0 Å². The molecular formula is C13H15FN4O2. The Morgan fingerprint density at radius 1 is 1.45 bits per heavy atom. The van der Waals surface area contributed by atoms with Gasteiger partial charge in [-0.3, -0.25) is 14.8 Å². The van der Waals surface area contributed by atoms with Gasteiger partial charge in [0.2, 0.25) is 5.82 Å². The Morgan fingerprint density at radius 3 is 2.95 bits per heavy atom. The van der Waals surface area contributed by atoms with Crippen molar-refractivity contribution in [3.8, 4) is 0 Å². The molecule has 7 heteroatoms. The molecule has 0 fully saturated rings. The highest BCUT2D eigenvalue weighted by molar-refractivity contribution is 5.51. The average Bonchev–Trinajstić information content (AvgIpc) is 2.85. The number of hydrogen-bond donors (Lipinski definition) is 1. The molecule has 0 aliphatic rings. The first-order valence-corrected chi connectivity index (χ1v) is 6.30. The molecule has 0 aliphatic heterocycles. The smallest absolute Gasteiger partial charge is 0.306 e. The number of nitro benzene ring substituents is 1. The summed E-state index contributed by atoms with van der Waals surface area (Å²) in [6.07, 6.45) is 2.68. The molecule has 2 aromatic rings. The van der Waals surface area contributed by atoms with Crippen molar-refractivity contribution in [1.29, 1.82) is 0 Å². The van der Waals surface area contributed by atoms with Crippen LogP contribution >= 0.6 is 0 Å². The summed E-state index contributed by atoms with van der Waals surface area (Å²) >= 11 is 0. The summed E-state index contributed by atoms with van der Waals surface area (Å²) in [5, 5.41) is 17.9. The van der Waals surface area contributed by atoms with E-state index in [4.69, 9.17) is 0 Å². The van der Waals surface area contributed by atoms with Gasteiger partial charge in [0.25, 0.3) is 0 Å². The van der Waals surface area contributed by atoms with E-state index in [-0.39, 0.29) is 0 Å². The van der Waals surface area contributed by atoms with Gasteiger partial charge in [0.05, 0.1) is 17.2 Å². The molecule has 6 nitrogen and oxygen atoms in total. The highest BCUT2D eigenvalue weighted by atomic mass is 19.1. The number of halogens is 1. The third kappa shape index (κ3) is 3.11. The minimum Gasteiger partial charge on any atom is -0.379 e. The molecule has 0 unspecified atom stereocenters. The highest BCUT2D eigenvalue weighted by Gasteiger charge is 2.14. The molecule has 0 radical (unpaired) electrons. The zero-order chi connectivity index (χ0) is 14.5. The van der Waals surface area contributed by atoms with Crippen LogP contribution in [0.25, 0.3) is 0 Å². The fourth-order valence-electron chi connectivity index (χ4n) is 1.88. The molecule has 20 heavy (non-hydrogen) atoms.